The number of nitrogens with one attached hydrogen (secondary N) is 1. The molecule has 1 rings (SSSR count). The maximum absolute atomic E-state index is 11.3. The largest absolute Gasteiger partial charge is 0.574 e. The van der Waals surface area contributed by atoms with Crippen molar-refractivity contribution in [1.82, 2.24) is 15.4 Å². The molecule has 0 atom stereocenters. The lowest BCUT2D eigenvalue weighted by atomic mass is 10.8. The van der Waals surface area contributed by atoms with E-state index in [9.17, 15) is 13.2 Å². The molecule has 0 aromatic carbocycles. The Morgan fingerprint density at radius 2 is 2.20 bits per heavy atom. The van der Waals surface area contributed by atoms with Crippen LogP contribution in [0.2, 0.25) is 0 Å². The van der Waals surface area contributed by atoms with Crippen LogP contribution in [-0.2, 0) is 0 Å². The number of alkyl halides is 3. The zero-order valence-corrected chi connectivity index (χ0v) is 4.51. The molecule has 0 amide bonds. The number of hydrogen-bond donors (Lipinski definition) is 1. The second-order valence-electron chi connectivity index (χ2n) is 1.36. The first-order valence-electron chi connectivity index (χ1n) is 2.19. The van der Waals surface area contributed by atoms with Crippen molar-refractivity contribution >= 4 is 0 Å². The molecular weight excluding hydrogens is 151 g/mol. The molecule has 0 bridgehead atoms. The Kier molecular flexibility index (Phi) is 1.48. The highest BCUT2D eigenvalue weighted by atomic mass is 19.4. The molecule has 56 valence electrons. The van der Waals surface area contributed by atoms with Crippen LogP contribution in [0.5, 0.6) is 5.88 Å². The second kappa shape index (κ2) is 2.16. The summed E-state index contributed by atoms with van der Waals surface area (Å²) in [5.41, 5.74) is 0. The number of ether oxygens (including phenoxy) is 1. The summed E-state index contributed by atoms with van der Waals surface area (Å²) < 4.78 is 37.3. The summed E-state index contributed by atoms with van der Waals surface area (Å²) in [5.74, 6) is -0.590. The highest BCUT2D eigenvalue weighted by Gasteiger charge is 2.32. The molecule has 0 unspecified atom stereocenters. The van der Waals surface area contributed by atoms with Crippen LogP contribution in [0.3, 0.4) is 0 Å². The van der Waals surface area contributed by atoms with Crippen LogP contribution in [0.25, 0.3) is 0 Å². The molecule has 0 saturated heterocycles. The van der Waals surface area contributed by atoms with E-state index in [4.69, 9.17) is 0 Å². The fraction of sp³-hybridized carbons (Fsp3) is 0.333. The van der Waals surface area contributed by atoms with E-state index in [0.29, 0.717) is 0 Å². The smallest absolute Gasteiger partial charge is 0.384 e. The van der Waals surface area contributed by atoms with Crippen LogP contribution in [0, 0.1) is 0 Å². The second-order valence-corrected chi connectivity index (χ2v) is 1.36. The van der Waals surface area contributed by atoms with Crippen LogP contribution in [0.15, 0.2) is 6.20 Å². The van der Waals surface area contributed by atoms with Crippen molar-refractivity contribution in [2.24, 2.45) is 0 Å². The third-order valence-electron chi connectivity index (χ3n) is 0.613. The molecule has 1 aromatic heterocycles. The molecule has 0 radical (unpaired) electrons. The quantitative estimate of drug-likeness (QED) is 0.646. The lowest BCUT2D eigenvalue weighted by Crippen LogP contribution is -2.17. The van der Waals surface area contributed by atoms with Gasteiger partial charge in [0.1, 0.15) is 6.20 Å². The van der Waals surface area contributed by atoms with Crippen molar-refractivity contribution in [3.05, 3.63) is 6.20 Å². The predicted molar refractivity (Wildman–Crippen MR) is 23.1 cm³/mol. The maximum Gasteiger partial charge on any atom is 0.574 e. The van der Waals surface area contributed by atoms with Crippen LogP contribution < -0.4 is 4.74 Å². The first-order valence-corrected chi connectivity index (χ1v) is 2.19. The summed E-state index contributed by atoms with van der Waals surface area (Å²) in [6.07, 6.45) is -3.87. The van der Waals surface area contributed by atoms with Gasteiger partial charge >= 0.3 is 6.36 Å². The third-order valence-corrected chi connectivity index (χ3v) is 0.613. The molecular formula is C3H2F3N3O. The molecule has 0 spiro atoms. The normalized spacial score (nSPS) is 11.5. The van der Waals surface area contributed by atoms with E-state index in [1.54, 1.807) is 0 Å². The van der Waals surface area contributed by atoms with E-state index in [1.165, 1.54) is 0 Å². The molecule has 0 saturated carbocycles. The number of aromatic amines is 1. The lowest BCUT2D eigenvalue weighted by molar-refractivity contribution is -0.276. The number of H-pyrrole nitrogens is 1. The first kappa shape index (κ1) is 6.84. The summed E-state index contributed by atoms with van der Waals surface area (Å²) in [4.78, 5) is 0. The minimum atomic E-state index is -4.70. The Morgan fingerprint density at radius 3 is 2.60 bits per heavy atom. The summed E-state index contributed by atoms with van der Waals surface area (Å²) in [5, 5.41) is 8.10. The number of hydrogen-bond acceptors (Lipinski definition) is 3. The molecule has 0 aliphatic carbocycles. The van der Waals surface area contributed by atoms with Gasteiger partial charge in [-0.15, -0.1) is 18.3 Å². The van der Waals surface area contributed by atoms with Crippen molar-refractivity contribution in [2.75, 3.05) is 0 Å². The molecule has 4 nitrogen and oxygen atoms in total. The average molecular weight is 153 g/mol. The van der Waals surface area contributed by atoms with Gasteiger partial charge in [0.25, 0.3) is 5.88 Å². The Balaban J connectivity index is 2.57. The lowest BCUT2D eigenvalue weighted by Gasteiger charge is -2.02. The van der Waals surface area contributed by atoms with Crippen molar-refractivity contribution < 1.29 is 17.9 Å². The standard InChI is InChI=1S/C3H2F3N3O/c4-3(5,6)10-2-1-7-9-8-2/h1H,(H,7,8,9). The zero-order chi connectivity index (χ0) is 7.61. The van der Waals surface area contributed by atoms with E-state index in [1.807, 2.05) is 5.21 Å². The van der Waals surface area contributed by atoms with Gasteiger partial charge in [-0.2, -0.15) is 10.3 Å². The molecule has 10 heavy (non-hydrogen) atoms. The molecule has 7 heteroatoms. The Morgan fingerprint density at radius 1 is 1.50 bits per heavy atom. The van der Waals surface area contributed by atoms with Crippen LogP contribution >= 0.6 is 0 Å². The van der Waals surface area contributed by atoms with Gasteiger partial charge in [0.15, 0.2) is 0 Å². The fourth-order valence-electron chi connectivity index (χ4n) is 0.359. The minimum absolute atomic E-state index is 0.590. The van der Waals surface area contributed by atoms with E-state index in [0.717, 1.165) is 6.20 Å². The van der Waals surface area contributed by atoms with Gasteiger partial charge in [0.05, 0.1) is 0 Å². The van der Waals surface area contributed by atoms with Gasteiger partial charge in [-0.25, -0.2) is 0 Å². The Labute approximate surface area is 53.0 Å². The van der Waals surface area contributed by atoms with Gasteiger partial charge in [-0.1, -0.05) is 0 Å². The van der Waals surface area contributed by atoms with Crippen LogP contribution in [-0.4, -0.2) is 21.8 Å². The van der Waals surface area contributed by atoms with Gasteiger partial charge in [0, 0.05) is 0 Å². The molecule has 1 aromatic rings. The predicted octanol–water partition coefficient (Wildman–Crippen LogP) is 0.703. The highest BCUT2D eigenvalue weighted by molar-refractivity contribution is 4.97. The Hall–Kier alpha value is -1.27. The van der Waals surface area contributed by atoms with Crippen molar-refractivity contribution in [3.8, 4) is 5.88 Å². The van der Waals surface area contributed by atoms with Crippen LogP contribution in [0.4, 0.5) is 13.2 Å². The van der Waals surface area contributed by atoms with Gasteiger partial charge in [-0.05, 0) is 0 Å². The van der Waals surface area contributed by atoms with E-state index in [2.05, 4.69) is 14.9 Å². The summed E-state index contributed by atoms with van der Waals surface area (Å²) in [7, 11) is 0. The SMILES string of the molecule is FC(F)(F)Oc1cn[nH]n1. The summed E-state index contributed by atoms with van der Waals surface area (Å²) in [6, 6.07) is 0. The summed E-state index contributed by atoms with van der Waals surface area (Å²) >= 11 is 0. The van der Waals surface area contributed by atoms with Crippen molar-refractivity contribution in [1.29, 1.82) is 0 Å². The topological polar surface area (TPSA) is 50.8 Å². The van der Waals surface area contributed by atoms with Gasteiger partial charge < -0.3 is 4.74 Å². The van der Waals surface area contributed by atoms with Crippen LogP contribution in [0.1, 0.15) is 0 Å². The average Bonchev–Trinajstić information content (AvgIpc) is 2.12. The third kappa shape index (κ3) is 1.92. The molecule has 0 aliphatic heterocycles. The number of rotatable bonds is 1. The van der Waals surface area contributed by atoms with E-state index >= 15 is 0 Å². The fourth-order valence-corrected chi connectivity index (χ4v) is 0.359. The zero-order valence-electron chi connectivity index (χ0n) is 4.51. The number of nitrogens with zero attached hydrogens (tertiary/aromatic N) is 2. The first-order chi connectivity index (χ1) is 4.58. The van der Waals surface area contributed by atoms with E-state index in [-0.39, 0.29) is 0 Å². The van der Waals surface area contributed by atoms with Crippen molar-refractivity contribution in [2.45, 2.75) is 6.36 Å². The monoisotopic (exact) mass is 153 g/mol. The minimum Gasteiger partial charge on any atom is -0.384 e. The maximum atomic E-state index is 11.3. The van der Waals surface area contributed by atoms with Gasteiger partial charge in [-0.3, -0.25) is 0 Å². The highest BCUT2D eigenvalue weighted by Crippen LogP contribution is 2.18. The Bertz CT molecular complexity index is 193. The molecule has 1 N–H and O–H groups in total. The molecule has 0 fully saturated rings. The summed E-state index contributed by atoms with van der Waals surface area (Å²) in [6.45, 7) is 0. The molecule has 1 heterocycles. The number of halogens is 3. The van der Waals surface area contributed by atoms with E-state index < -0.39 is 12.2 Å². The van der Waals surface area contributed by atoms with Gasteiger partial charge in [0.2, 0.25) is 0 Å². The molecule has 0 aliphatic rings. The number of aromatic nitrogens is 3. The van der Waals surface area contributed by atoms with Crippen molar-refractivity contribution in [3.63, 3.8) is 0 Å².